The highest BCUT2D eigenvalue weighted by molar-refractivity contribution is 4.68. The molecule has 0 unspecified atom stereocenters. The lowest BCUT2D eigenvalue weighted by Crippen LogP contribution is -2.52. The molecule has 1 aliphatic heterocycles. The molecule has 0 spiro atoms. The van der Waals surface area contributed by atoms with Gasteiger partial charge >= 0.3 is 0 Å². The molecule has 3 nitrogen and oxygen atoms in total. The van der Waals surface area contributed by atoms with Gasteiger partial charge in [-0.2, -0.15) is 5.26 Å². The lowest BCUT2D eigenvalue weighted by atomic mass is 10.3. The molecule has 0 radical (unpaired) electrons. The molecule has 70 valence electrons. The van der Waals surface area contributed by atoms with Crippen molar-refractivity contribution in [1.82, 2.24) is 0 Å². The van der Waals surface area contributed by atoms with Crippen LogP contribution in [-0.4, -0.2) is 44.4 Å². The summed E-state index contributed by atoms with van der Waals surface area (Å²) in [5.41, 5.74) is 0. The molecule has 1 saturated heterocycles. The quantitative estimate of drug-likeness (QED) is 0.581. The Labute approximate surface area is 75.1 Å². The van der Waals surface area contributed by atoms with E-state index in [-0.39, 0.29) is 7.43 Å². The molecule has 0 aromatic rings. The molecule has 0 bridgehead atoms. The molecule has 0 aromatic carbocycles. The first kappa shape index (κ1) is 11.4. The van der Waals surface area contributed by atoms with E-state index in [0.29, 0.717) is 6.42 Å². The van der Waals surface area contributed by atoms with E-state index in [9.17, 15) is 0 Å². The largest absolute Gasteiger partial charge is 0.370 e. The number of rotatable bonds is 2. The highest BCUT2D eigenvalue weighted by Crippen LogP contribution is 2.07. The predicted molar refractivity (Wildman–Crippen MR) is 48.6 cm³/mol. The van der Waals surface area contributed by atoms with E-state index in [4.69, 9.17) is 10.00 Å². The van der Waals surface area contributed by atoms with Gasteiger partial charge in [0.15, 0.2) is 0 Å². The van der Waals surface area contributed by atoms with Gasteiger partial charge in [0.05, 0.1) is 39.3 Å². The van der Waals surface area contributed by atoms with Crippen molar-refractivity contribution in [3.8, 4) is 6.07 Å². The van der Waals surface area contributed by atoms with Crippen molar-refractivity contribution < 1.29 is 9.22 Å². The Morgan fingerprint density at radius 3 is 2.50 bits per heavy atom. The Balaban J connectivity index is 0.00000121. The highest BCUT2D eigenvalue weighted by Gasteiger charge is 2.23. The second-order valence-electron chi connectivity index (χ2n) is 3.31. The summed E-state index contributed by atoms with van der Waals surface area (Å²) in [6, 6.07) is 2.18. The smallest absolute Gasteiger partial charge is 0.102 e. The van der Waals surface area contributed by atoms with Crippen molar-refractivity contribution >= 4 is 0 Å². The molecule has 3 heteroatoms. The zero-order valence-corrected chi connectivity index (χ0v) is 7.05. The lowest BCUT2D eigenvalue weighted by Gasteiger charge is -2.36. The average molecular weight is 171 g/mol. The van der Waals surface area contributed by atoms with E-state index < -0.39 is 0 Å². The maximum absolute atomic E-state index is 8.42. The van der Waals surface area contributed by atoms with Gasteiger partial charge < -0.3 is 9.22 Å². The van der Waals surface area contributed by atoms with Crippen LogP contribution in [0.25, 0.3) is 0 Å². The molecule has 12 heavy (non-hydrogen) atoms. The van der Waals surface area contributed by atoms with E-state index in [2.05, 4.69) is 13.1 Å². The van der Waals surface area contributed by atoms with Gasteiger partial charge in [0.25, 0.3) is 0 Å². The van der Waals surface area contributed by atoms with Crippen LogP contribution in [-0.2, 0) is 4.74 Å². The summed E-state index contributed by atoms with van der Waals surface area (Å²) >= 11 is 0. The Morgan fingerprint density at radius 2 is 2.00 bits per heavy atom. The molecule has 0 N–H and O–H groups in total. The number of quaternary nitrogens is 1. The molecular formula is C9H19N2O+. The maximum Gasteiger partial charge on any atom is 0.102 e. The van der Waals surface area contributed by atoms with E-state index in [1.165, 1.54) is 0 Å². The molecule has 0 aliphatic carbocycles. The molecule has 1 heterocycles. The minimum Gasteiger partial charge on any atom is -0.370 e. The minimum atomic E-state index is 0. The van der Waals surface area contributed by atoms with Crippen LogP contribution in [0.4, 0.5) is 0 Å². The van der Waals surface area contributed by atoms with Crippen molar-refractivity contribution in [3.63, 3.8) is 0 Å². The molecule has 1 rings (SSSR count). The monoisotopic (exact) mass is 171 g/mol. The van der Waals surface area contributed by atoms with E-state index in [1.807, 2.05) is 0 Å². The van der Waals surface area contributed by atoms with Crippen molar-refractivity contribution in [2.45, 2.75) is 13.8 Å². The lowest BCUT2D eigenvalue weighted by molar-refractivity contribution is -0.916. The third-order valence-corrected chi connectivity index (χ3v) is 2.31. The van der Waals surface area contributed by atoms with Gasteiger partial charge in [-0.15, -0.1) is 0 Å². The third-order valence-electron chi connectivity index (χ3n) is 2.31. The number of hydrogen-bond acceptors (Lipinski definition) is 2. The Kier molecular flexibility index (Phi) is 4.87. The molecule has 0 atom stereocenters. The standard InChI is InChI=1S/C8H15N2O.CH4/c1-10(4-2-3-9)5-7-11-8-6-10;/h2,4-8H2,1H3;1H4/q+1;. The number of nitrogens with zero attached hydrogens (tertiary/aromatic N) is 2. The zero-order chi connectivity index (χ0) is 8.16. The zero-order valence-electron chi connectivity index (χ0n) is 7.05. The summed E-state index contributed by atoms with van der Waals surface area (Å²) in [6.45, 7) is 4.78. The van der Waals surface area contributed by atoms with Crippen LogP contribution in [0.1, 0.15) is 13.8 Å². The summed E-state index contributed by atoms with van der Waals surface area (Å²) in [7, 11) is 2.19. The van der Waals surface area contributed by atoms with Crippen LogP contribution < -0.4 is 0 Å². The molecule has 1 fully saturated rings. The summed E-state index contributed by atoms with van der Waals surface area (Å²) in [5.74, 6) is 0. The topological polar surface area (TPSA) is 33.0 Å². The van der Waals surface area contributed by atoms with Gasteiger partial charge in [-0.05, 0) is 0 Å². The summed E-state index contributed by atoms with van der Waals surface area (Å²) in [5, 5.41) is 8.42. The number of hydrogen-bond donors (Lipinski definition) is 0. The summed E-state index contributed by atoms with van der Waals surface area (Å²) < 4.78 is 6.25. The Morgan fingerprint density at radius 1 is 1.42 bits per heavy atom. The first-order valence-electron chi connectivity index (χ1n) is 4.05. The number of morpholine rings is 1. The second-order valence-corrected chi connectivity index (χ2v) is 3.31. The van der Waals surface area contributed by atoms with Crippen LogP contribution in [0.15, 0.2) is 0 Å². The molecule has 1 aliphatic rings. The van der Waals surface area contributed by atoms with Gasteiger partial charge in [-0.25, -0.2) is 0 Å². The molecule has 0 amide bonds. The summed E-state index contributed by atoms with van der Waals surface area (Å²) in [6.07, 6.45) is 0.663. The maximum atomic E-state index is 8.42. The van der Waals surface area contributed by atoms with Crippen molar-refractivity contribution in [3.05, 3.63) is 0 Å². The van der Waals surface area contributed by atoms with Gasteiger partial charge in [0, 0.05) is 0 Å². The van der Waals surface area contributed by atoms with Gasteiger partial charge in [-0.3, -0.25) is 0 Å². The third kappa shape index (κ3) is 3.21. The molecule has 0 aromatic heterocycles. The second kappa shape index (κ2) is 5.13. The van der Waals surface area contributed by atoms with Gasteiger partial charge in [0.1, 0.15) is 13.1 Å². The van der Waals surface area contributed by atoms with Crippen molar-refractivity contribution in [2.75, 3.05) is 39.9 Å². The van der Waals surface area contributed by atoms with Crippen LogP contribution >= 0.6 is 0 Å². The average Bonchev–Trinajstić information content (AvgIpc) is 2.03. The predicted octanol–water partition coefficient (Wildman–Crippen LogP) is 1.01. The normalized spacial score (nSPS) is 20.7. The SMILES string of the molecule is C.C[N+]1(CCC#N)CCOCC1. The molecular weight excluding hydrogens is 152 g/mol. The van der Waals surface area contributed by atoms with Crippen LogP contribution in [0.2, 0.25) is 0 Å². The minimum absolute atomic E-state index is 0. The van der Waals surface area contributed by atoms with Crippen LogP contribution in [0, 0.1) is 11.3 Å². The van der Waals surface area contributed by atoms with Crippen molar-refractivity contribution in [1.29, 1.82) is 5.26 Å². The van der Waals surface area contributed by atoms with E-state index in [0.717, 1.165) is 37.3 Å². The number of ether oxygens (including phenoxy) is 1. The summed E-state index contributed by atoms with van der Waals surface area (Å²) in [4.78, 5) is 0. The highest BCUT2D eigenvalue weighted by atomic mass is 16.5. The van der Waals surface area contributed by atoms with Crippen molar-refractivity contribution in [2.24, 2.45) is 0 Å². The first-order chi connectivity index (χ1) is 5.27. The van der Waals surface area contributed by atoms with Crippen LogP contribution in [0.3, 0.4) is 0 Å². The van der Waals surface area contributed by atoms with E-state index >= 15 is 0 Å². The van der Waals surface area contributed by atoms with Gasteiger partial charge in [0.2, 0.25) is 0 Å². The number of likely N-dealkylation sites (N-methyl/N-ethyl adjacent to an activating group) is 1. The Bertz CT molecular complexity index is 156. The fourth-order valence-electron chi connectivity index (χ4n) is 1.33. The van der Waals surface area contributed by atoms with E-state index in [1.54, 1.807) is 0 Å². The van der Waals surface area contributed by atoms with Gasteiger partial charge in [-0.1, -0.05) is 7.43 Å². The Hall–Kier alpha value is -0.590. The molecule has 0 saturated carbocycles. The fourth-order valence-corrected chi connectivity index (χ4v) is 1.33. The fraction of sp³-hybridized carbons (Fsp3) is 0.889. The first-order valence-corrected chi connectivity index (χ1v) is 4.05. The number of nitriles is 1. The van der Waals surface area contributed by atoms with Crippen LogP contribution in [0.5, 0.6) is 0 Å².